The predicted molar refractivity (Wildman–Crippen MR) is 79.1 cm³/mol. The SMILES string of the molecule is O=C(Nc1ccc(OC(F)(F)F)cc1)c1snc2c(=O)[nH]cnc12. The van der Waals surface area contributed by atoms with Crippen LogP contribution in [-0.4, -0.2) is 26.6 Å². The van der Waals surface area contributed by atoms with Crippen molar-refractivity contribution in [2.24, 2.45) is 0 Å². The summed E-state index contributed by atoms with van der Waals surface area (Å²) < 4.78 is 43.9. The van der Waals surface area contributed by atoms with Crippen molar-refractivity contribution >= 4 is 34.2 Å². The van der Waals surface area contributed by atoms with Crippen LogP contribution in [0.25, 0.3) is 11.0 Å². The molecule has 0 aliphatic rings. The molecule has 0 aliphatic heterocycles. The van der Waals surface area contributed by atoms with E-state index in [2.05, 4.69) is 24.4 Å². The van der Waals surface area contributed by atoms with Crippen molar-refractivity contribution in [3.05, 3.63) is 45.8 Å². The number of fused-ring (bicyclic) bond motifs is 1. The number of nitrogens with zero attached hydrogens (tertiary/aromatic N) is 2. The zero-order valence-electron chi connectivity index (χ0n) is 11.5. The number of amides is 1. The molecule has 0 saturated carbocycles. The number of anilines is 1. The van der Waals surface area contributed by atoms with E-state index in [9.17, 15) is 22.8 Å². The highest BCUT2D eigenvalue weighted by molar-refractivity contribution is 7.09. The van der Waals surface area contributed by atoms with E-state index in [0.717, 1.165) is 30.0 Å². The molecule has 124 valence electrons. The molecule has 1 amide bonds. The van der Waals surface area contributed by atoms with E-state index in [4.69, 9.17) is 0 Å². The Labute approximate surface area is 135 Å². The van der Waals surface area contributed by atoms with Crippen LogP contribution in [0, 0.1) is 0 Å². The average Bonchev–Trinajstić information content (AvgIpc) is 2.93. The summed E-state index contributed by atoms with van der Waals surface area (Å²) in [6.45, 7) is 0. The number of carbonyl (C=O) groups is 1. The van der Waals surface area contributed by atoms with Gasteiger partial charge in [-0.2, -0.15) is 4.37 Å². The highest BCUT2D eigenvalue weighted by Gasteiger charge is 2.31. The van der Waals surface area contributed by atoms with Gasteiger partial charge in [0.05, 0.1) is 6.33 Å². The quantitative estimate of drug-likeness (QED) is 0.752. The van der Waals surface area contributed by atoms with E-state index in [1.807, 2.05) is 0 Å². The summed E-state index contributed by atoms with van der Waals surface area (Å²) in [5.41, 5.74) is -0.0234. The molecule has 3 rings (SSSR count). The highest BCUT2D eigenvalue weighted by Crippen LogP contribution is 2.25. The lowest BCUT2D eigenvalue weighted by Crippen LogP contribution is -2.17. The molecule has 0 unspecified atom stereocenters. The standard InChI is InChI=1S/C13H7F3N4O3S/c14-13(15,16)23-7-3-1-6(2-4-7)19-12(22)10-8-9(20-24-10)11(21)18-5-17-8/h1-5H,(H,19,22)(H,17,18,21). The number of carbonyl (C=O) groups excluding carboxylic acids is 1. The lowest BCUT2D eigenvalue weighted by Gasteiger charge is -2.09. The van der Waals surface area contributed by atoms with E-state index in [1.54, 1.807) is 0 Å². The second-order valence-corrected chi connectivity index (χ2v) is 5.24. The van der Waals surface area contributed by atoms with Crippen LogP contribution < -0.4 is 15.6 Å². The van der Waals surface area contributed by atoms with E-state index < -0.39 is 23.6 Å². The Balaban J connectivity index is 1.79. The number of rotatable bonds is 3. The number of H-pyrrole nitrogens is 1. The van der Waals surface area contributed by atoms with Gasteiger partial charge >= 0.3 is 6.36 Å². The number of aromatic nitrogens is 3. The van der Waals surface area contributed by atoms with E-state index in [1.165, 1.54) is 12.1 Å². The van der Waals surface area contributed by atoms with Crippen LogP contribution in [0.1, 0.15) is 9.67 Å². The fourth-order valence-electron chi connectivity index (χ4n) is 1.85. The summed E-state index contributed by atoms with van der Waals surface area (Å²) in [7, 11) is 0. The van der Waals surface area contributed by atoms with Crippen LogP contribution in [0.2, 0.25) is 0 Å². The van der Waals surface area contributed by atoms with Crippen LogP contribution in [0.15, 0.2) is 35.4 Å². The molecule has 0 fully saturated rings. The molecule has 7 nitrogen and oxygen atoms in total. The Kier molecular flexibility index (Phi) is 3.93. The molecule has 24 heavy (non-hydrogen) atoms. The minimum absolute atomic E-state index is 0.0431. The van der Waals surface area contributed by atoms with Gasteiger partial charge in [-0.05, 0) is 35.8 Å². The van der Waals surface area contributed by atoms with Gasteiger partial charge in [-0.1, -0.05) is 0 Å². The van der Waals surface area contributed by atoms with Gasteiger partial charge in [-0.3, -0.25) is 9.59 Å². The maximum absolute atomic E-state index is 12.2. The Morgan fingerprint density at radius 1 is 1.21 bits per heavy atom. The smallest absolute Gasteiger partial charge is 0.406 e. The molecule has 1 aromatic carbocycles. The third kappa shape index (κ3) is 3.35. The molecule has 2 aromatic heterocycles. The Bertz CT molecular complexity index is 949. The molecule has 0 saturated heterocycles. The minimum Gasteiger partial charge on any atom is -0.406 e. The average molecular weight is 356 g/mol. The summed E-state index contributed by atoms with van der Waals surface area (Å²) in [5.74, 6) is -0.984. The normalized spacial score (nSPS) is 11.5. The first-order chi connectivity index (χ1) is 11.3. The number of hydrogen-bond acceptors (Lipinski definition) is 6. The van der Waals surface area contributed by atoms with Crippen LogP contribution in [0.3, 0.4) is 0 Å². The van der Waals surface area contributed by atoms with Crippen molar-refractivity contribution in [2.45, 2.75) is 6.36 Å². The van der Waals surface area contributed by atoms with Crippen molar-refractivity contribution in [1.82, 2.24) is 14.3 Å². The molecule has 0 atom stereocenters. The van der Waals surface area contributed by atoms with Crippen LogP contribution in [0.5, 0.6) is 5.75 Å². The van der Waals surface area contributed by atoms with Crippen molar-refractivity contribution in [3.8, 4) is 5.75 Å². The zero-order valence-corrected chi connectivity index (χ0v) is 12.4. The number of benzene rings is 1. The van der Waals surface area contributed by atoms with Crippen LogP contribution in [0.4, 0.5) is 18.9 Å². The van der Waals surface area contributed by atoms with Gasteiger partial charge in [0.25, 0.3) is 11.5 Å². The van der Waals surface area contributed by atoms with Gasteiger partial charge in [0.1, 0.15) is 16.1 Å². The lowest BCUT2D eigenvalue weighted by molar-refractivity contribution is -0.274. The van der Waals surface area contributed by atoms with E-state index in [0.29, 0.717) is 0 Å². The number of nitrogens with one attached hydrogen (secondary N) is 2. The van der Waals surface area contributed by atoms with Gasteiger partial charge in [0, 0.05) is 5.69 Å². The number of ether oxygens (including phenoxy) is 1. The molecule has 2 heterocycles. The van der Waals surface area contributed by atoms with Crippen molar-refractivity contribution in [2.75, 3.05) is 5.32 Å². The monoisotopic (exact) mass is 356 g/mol. The van der Waals surface area contributed by atoms with Gasteiger partial charge in [0.15, 0.2) is 5.52 Å². The molecule has 3 aromatic rings. The van der Waals surface area contributed by atoms with Crippen molar-refractivity contribution in [1.29, 1.82) is 0 Å². The lowest BCUT2D eigenvalue weighted by atomic mass is 10.3. The minimum atomic E-state index is -4.79. The van der Waals surface area contributed by atoms with Crippen molar-refractivity contribution < 1.29 is 22.7 Å². The maximum Gasteiger partial charge on any atom is 0.573 e. The highest BCUT2D eigenvalue weighted by atomic mass is 32.1. The summed E-state index contributed by atoms with van der Waals surface area (Å²) in [6.07, 6.45) is -3.63. The second-order valence-electron chi connectivity index (χ2n) is 4.47. The predicted octanol–water partition coefficient (Wildman–Crippen LogP) is 2.53. The largest absolute Gasteiger partial charge is 0.573 e. The molecule has 11 heteroatoms. The first-order valence-corrected chi connectivity index (χ1v) is 7.11. The van der Waals surface area contributed by atoms with Crippen molar-refractivity contribution in [3.63, 3.8) is 0 Å². The topological polar surface area (TPSA) is 97.0 Å². The first-order valence-electron chi connectivity index (χ1n) is 6.34. The second kappa shape index (κ2) is 5.92. The van der Waals surface area contributed by atoms with Gasteiger partial charge in [0.2, 0.25) is 0 Å². The molecule has 0 spiro atoms. The molecule has 0 radical (unpaired) electrons. The summed E-state index contributed by atoms with van der Waals surface area (Å²) in [4.78, 5) is 30.1. The Hall–Kier alpha value is -2.95. The summed E-state index contributed by atoms with van der Waals surface area (Å²) in [5, 5.41) is 2.49. The third-order valence-corrected chi connectivity index (χ3v) is 3.66. The molecule has 0 aliphatic carbocycles. The van der Waals surface area contributed by atoms with E-state index >= 15 is 0 Å². The van der Waals surface area contributed by atoms with Crippen LogP contribution >= 0.6 is 11.5 Å². The first kappa shape index (κ1) is 15.9. The summed E-state index contributed by atoms with van der Waals surface area (Å²) in [6, 6.07) is 4.64. The van der Waals surface area contributed by atoms with E-state index in [-0.39, 0.29) is 21.6 Å². The molecule has 0 bridgehead atoms. The molecule has 2 N–H and O–H groups in total. The fourth-order valence-corrected chi connectivity index (χ4v) is 2.58. The van der Waals surface area contributed by atoms with Gasteiger partial charge < -0.3 is 15.0 Å². The fraction of sp³-hybridized carbons (Fsp3) is 0.0769. The number of hydrogen-bond donors (Lipinski definition) is 2. The zero-order chi connectivity index (χ0) is 17.3. The Morgan fingerprint density at radius 2 is 1.92 bits per heavy atom. The number of halogens is 3. The molecular weight excluding hydrogens is 349 g/mol. The number of aromatic amines is 1. The molecular formula is C13H7F3N4O3S. The summed E-state index contributed by atoms with van der Waals surface area (Å²) >= 11 is 0.797. The number of alkyl halides is 3. The Morgan fingerprint density at radius 3 is 2.58 bits per heavy atom. The maximum atomic E-state index is 12.2. The van der Waals surface area contributed by atoms with Crippen LogP contribution in [-0.2, 0) is 0 Å². The van der Waals surface area contributed by atoms with Gasteiger partial charge in [-0.25, -0.2) is 4.98 Å². The third-order valence-electron chi connectivity index (χ3n) is 2.82. The van der Waals surface area contributed by atoms with Gasteiger partial charge in [-0.15, -0.1) is 13.2 Å².